The van der Waals surface area contributed by atoms with Gasteiger partial charge in [0.15, 0.2) is 17.5 Å². The number of carbonyl (C=O) groups excluding carboxylic acids is 1. The number of amides is 1. The SMILES string of the molecule is CCNC(=NCC(=O)NCc1ccccc1)NCCc1ccc2c(c1)OCO2.I. The Morgan fingerprint density at radius 3 is 2.59 bits per heavy atom. The topological polar surface area (TPSA) is 84.0 Å². The number of nitrogens with zero attached hydrogens (tertiary/aromatic N) is 1. The molecule has 2 aromatic rings. The Balaban J connectivity index is 0.00000300. The molecule has 2 aromatic carbocycles. The molecule has 0 radical (unpaired) electrons. The van der Waals surface area contributed by atoms with Gasteiger partial charge >= 0.3 is 0 Å². The number of hydrogen-bond acceptors (Lipinski definition) is 4. The second-order valence-corrected chi connectivity index (χ2v) is 6.32. The van der Waals surface area contributed by atoms with E-state index in [0.29, 0.717) is 19.0 Å². The average molecular weight is 510 g/mol. The predicted molar refractivity (Wildman–Crippen MR) is 124 cm³/mol. The molecule has 1 heterocycles. The van der Waals surface area contributed by atoms with E-state index in [1.807, 2.05) is 55.5 Å². The van der Waals surface area contributed by atoms with Crippen LogP contribution in [0.3, 0.4) is 0 Å². The van der Waals surface area contributed by atoms with Gasteiger partial charge in [0.25, 0.3) is 0 Å². The van der Waals surface area contributed by atoms with Gasteiger partial charge in [-0.25, -0.2) is 4.99 Å². The van der Waals surface area contributed by atoms with Crippen LogP contribution in [-0.2, 0) is 17.8 Å². The fourth-order valence-electron chi connectivity index (χ4n) is 2.77. The second kappa shape index (κ2) is 12.2. The van der Waals surface area contributed by atoms with Gasteiger partial charge in [0.05, 0.1) is 0 Å². The van der Waals surface area contributed by atoms with Crippen LogP contribution in [0.4, 0.5) is 0 Å². The first-order valence-electron chi connectivity index (χ1n) is 9.46. The minimum absolute atomic E-state index is 0. The first-order valence-corrected chi connectivity index (χ1v) is 9.46. The highest BCUT2D eigenvalue weighted by atomic mass is 127. The van der Waals surface area contributed by atoms with Crippen molar-refractivity contribution in [3.05, 3.63) is 59.7 Å². The lowest BCUT2D eigenvalue weighted by Crippen LogP contribution is -2.39. The lowest BCUT2D eigenvalue weighted by Gasteiger charge is -2.11. The Kier molecular flexibility index (Phi) is 9.55. The molecular formula is C21H27IN4O3. The quantitative estimate of drug-likeness (QED) is 0.289. The summed E-state index contributed by atoms with van der Waals surface area (Å²) in [6, 6.07) is 15.7. The maximum Gasteiger partial charge on any atom is 0.242 e. The van der Waals surface area contributed by atoms with E-state index < -0.39 is 0 Å². The van der Waals surface area contributed by atoms with Crippen molar-refractivity contribution in [3.8, 4) is 11.5 Å². The molecule has 0 bridgehead atoms. The number of ether oxygens (including phenoxy) is 2. The maximum absolute atomic E-state index is 12.0. The van der Waals surface area contributed by atoms with Crippen molar-refractivity contribution in [2.24, 2.45) is 4.99 Å². The van der Waals surface area contributed by atoms with Crippen LogP contribution < -0.4 is 25.4 Å². The van der Waals surface area contributed by atoms with Gasteiger partial charge < -0.3 is 25.4 Å². The van der Waals surface area contributed by atoms with Crippen molar-refractivity contribution < 1.29 is 14.3 Å². The summed E-state index contributed by atoms with van der Waals surface area (Å²) < 4.78 is 10.7. The van der Waals surface area contributed by atoms with Gasteiger partial charge in [-0.3, -0.25) is 4.79 Å². The summed E-state index contributed by atoms with van der Waals surface area (Å²) in [4.78, 5) is 16.4. The van der Waals surface area contributed by atoms with Crippen molar-refractivity contribution in [1.82, 2.24) is 16.0 Å². The molecule has 1 amide bonds. The van der Waals surface area contributed by atoms with Crippen LogP contribution in [0.5, 0.6) is 11.5 Å². The zero-order valence-electron chi connectivity index (χ0n) is 16.4. The molecule has 0 saturated carbocycles. The Morgan fingerprint density at radius 2 is 1.79 bits per heavy atom. The molecular weight excluding hydrogens is 483 g/mol. The monoisotopic (exact) mass is 510 g/mol. The van der Waals surface area contributed by atoms with Crippen LogP contribution in [0.1, 0.15) is 18.1 Å². The Hall–Kier alpha value is -2.49. The van der Waals surface area contributed by atoms with Crippen molar-refractivity contribution in [3.63, 3.8) is 0 Å². The van der Waals surface area contributed by atoms with Crippen LogP contribution in [0.2, 0.25) is 0 Å². The molecule has 3 rings (SSSR count). The first kappa shape index (κ1) is 22.8. The molecule has 0 aliphatic carbocycles. The van der Waals surface area contributed by atoms with Gasteiger partial charge in [-0.05, 0) is 36.6 Å². The van der Waals surface area contributed by atoms with Crippen LogP contribution in [-0.4, -0.2) is 38.3 Å². The number of benzene rings is 2. The van der Waals surface area contributed by atoms with Crippen molar-refractivity contribution >= 4 is 35.8 Å². The van der Waals surface area contributed by atoms with Gasteiger partial charge in [0, 0.05) is 19.6 Å². The summed E-state index contributed by atoms with van der Waals surface area (Å²) in [7, 11) is 0. The lowest BCUT2D eigenvalue weighted by molar-refractivity contribution is -0.119. The fourth-order valence-corrected chi connectivity index (χ4v) is 2.77. The number of carbonyl (C=O) groups is 1. The third-order valence-corrected chi connectivity index (χ3v) is 4.20. The second-order valence-electron chi connectivity index (χ2n) is 6.32. The third-order valence-electron chi connectivity index (χ3n) is 4.20. The summed E-state index contributed by atoms with van der Waals surface area (Å²) in [5.74, 6) is 2.08. The number of fused-ring (bicyclic) bond motifs is 1. The highest BCUT2D eigenvalue weighted by molar-refractivity contribution is 14.0. The maximum atomic E-state index is 12.0. The standard InChI is InChI=1S/C21H26N4O3.HI/c1-2-22-21(25-14-20(26)24-13-17-6-4-3-5-7-17)23-11-10-16-8-9-18-19(12-16)28-15-27-18;/h3-9,12H,2,10-11,13-15H2,1H3,(H,24,26)(H2,22,23,25);1H. The smallest absolute Gasteiger partial charge is 0.242 e. The molecule has 0 unspecified atom stereocenters. The molecule has 1 aliphatic rings. The molecule has 0 atom stereocenters. The van der Waals surface area contributed by atoms with Gasteiger partial charge in [0.2, 0.25) is 12.7 Å². The molecule has 0 fully saturated rings. The summed E-state index contributed by atoms with van der Waals surface area (Å²) in [6.07, 6.45) is 0.807. The van der Waals surface area contributed by atoms with Gasteiger partial charge in [0.1, 0.15) is 6.54 Å². The van der Waals surface area contributed by atoms with E-state index in [9.17, 15) is 4.79 Å². The minimum Gasteiger partial charge on any atom is -0.454 e. The fraction of sp³-hybridized carbons (Fsp3) is 0.333. The highest BCUT2D eigenvalue weighted by Crippen LogP contribution is 2.32. The predicted octanol–water partition coefficient (Wildman–Crippen LogP) is 2.45. The molecule has 156 valence electrons. The Morgan fingerprint density at radius 1 is 1.00 bits per heavy atom. The number of rotatable bonds is 8. The molecule has 0 spiro atoms. The average Bonchev–Trinajstić information content (AvgIpc) is 3.19. The zero-order chi connectivity index (χ0) is 19.6. The van der Waals surface area contributed by atoms with E-state index in [1.54, 1.807) is 0 Å². The Bertz CT molecular complexity index is 815. The summed E-state index contributed by atoms with van der Waals surface area (Å²) in [5, 5.41) is 9.28. The molecule has 8 heteroatoms. The molecule has 7 nitrogen and oxygen atoms in total. The molecule has 29 heavy (non-hydrogen) atoms. The van der Waals surface area contributed by atoms with E-state index in [4.69, 9.17) is 9.47 Å². The van der Waals surface area contributed by atoms with Crippen LogP contribution in [0.25, 0.3) is 0 Å². The van der Waals surface area contributed by atoms with Crippen LogP contribution >= 0.6 is 24.0 Å². The highest BCUT2D eigenvalue weighted by Gasteiger charge is 2.13. The zero-order valence-corrected chi connectivity index (χ0v) is 18.8. The lowest BCUT2D eigenvalue weighted by atomic mass is 10.1. The van der Waals surface area contributed by atoms with Gasteiger partial charge in [-0.2, -0.15) is 0 Å². The van der Waals surface area contributed by atoms with E-state index in [2.05, 4.69) is 20.9 Å². The van der Waals surface area contributed by atoms with E-state index in [-0.39, 0.29) is 43.2 Å². The van der Waals surface area contributed by atoms with Crippen LogP contribution in [0, 0.1) is 0 Å². The van der Waals surface area contributed by atoms with Crippen molar-refractivity contribution in [2.75, 3.05) is 26.4 Å². The molecule has 1 aliphatic heterocycles. The number of halogens is 1. The van der Waals surface area contributed by atoms with E-state index in [1.165, 1.54) is 0 Å². The van der Waals surface area contributed by atoms with E-state index in [0.717, 1.165) is 35.6 Å². The van der Waals surface area contributed by atoms with Gasteiger partial charge in [-0.15, -0.1) is 24.0 Å². The van der Waals surface area contributed by atoms with E-state index >= 15 is 0 Å². The minimum atomic E-state index is -0.114. The van der Waals surface area contributed by atoms with Crippen molar-refractivity contribution in [2.45, 2.75) is 19.9 Å². The number of guanidine groups is 1. The molecule has 0 aromatic heterocycles. The Labute approximate surface area is 188 Å². The van der Waals surface area contributed by atoms with Gasteiger partial charge in [-0.1, -0.05) is 36.4 Å². The molecule has 0 saturated heterocycles. The first-order chi connectivity index (χ1) is 13.7. The number of aliphatic imine (C=N–C) groups is 1. The molecule has 3 N–H and O–H groups in total. The number of hydrogen-bond donors (Lipinski definition) is 3. The largest absolute Gasteiger partial charge is 0.454 e. The summed E-state index contributed by atoms with van der Waals surface area (Å²) in [6.45, 7) is 4.26. The normalized spacial score (nSPS) is 12.1. The third kappa shape index (κ3) is 7.45. The van der Waals surface area contributed by atoms with Crippen molar-refractivity contribution in [1.29, 1.82) is 0 Å². The number of nitrogens with one attached hydrogen (secondary N) is 3. The van der Waals surface area contributed by atoms with Crippen LogP contribution in [0.15, 0.2) is 53.5 Å². The summed E-state index contributed by atoms with van der Waals surface area (Å²) >= 11 is 0. The summed E-state index contributed by atoms with van der Waals surface area (Å²) in [5.41, 5.74) is 2.21.